The highest BCUT2D eigenvalue weighted by atomic mass is 19.1. The zero-order chi connectivity index (χ0) is 18.8. The molecule has 0 spiro atoms. The normalized spacial score (nSPS) is 13.3. The van der Waals surface area contributed by atoms with E-state index in [9.17, 15) is 9.18 Å². The first kappa shape index (κ1) is 17.2. The fraction of sp³-hybridized carbons (Fsp3) is 0.182. The van der Waals surface area contributed by atoms with Crippen molar-refractivity contribution in [1.29, 1.82) is 0 Å². The van der Waals surface area contributed by atoms with Crippen molar-refractivity contribution in [3.63, 3.8) is 0 Å². The van der Waals surface area contributed by atoms with Crippen LogP contribution in [0.25, 0.3) is 11.3 Å². The van der Waals surface area contributed by atoms with E-state index in [2.05, 4.69) is 10.3 Å². The number of fused-ring (bicyclic) bond motifs is 1. The summed E-state index contributed by atoms with van der Waals surface area (Å²) in [6.45, 7) is 2.36. The number of hydrogen-bond acceptors (Lipinski definition) is 3. The Labute approximate surface area is 157 Å². The van der Waals surface area contributed by atoms with Crippen molar-refractivity contribution in [2.75, 3.05) is 13.2 Å². The molecule has 4 rings (SSSR count). The molecule has 5 heteroatoms. The number of aromatic nitrogens is 1. The van der Waals surface area contributed by atoms with Crippen LogP contribution in [0.1, 0.15) is 27.0 Å². The molecule has 3 aromatic rings. The number of pyridine rings is 1. The van der Waals surface area contributed by atoms with Crippen molar-refractivity contribution >= 4 is 5.91 Å². The second-order valence-corrected chi connectivity index (χ2v) is 6.54. The Morgan fingerprint density at radius 3 is 2.74 bits per heavy atom. The van der Waals surface area contributed by atoms with E-state index in [0.29, 0.717) is 18.5 Å². The van der Waals surface area contributed by atoms with Gasteiger partial charge in [-0.05, 0) is 48.2 Å². The molecule has 1 amide bonds. The molecule has 136 valence electrons. The minimum atomic E-state index is -0.454. The molecule has 0 fully saturated rings. The van der Waals surface area contributed by atoms with Gasteiger partial charge in [-0.1, -0.05) is 30.3 Å². The third-order valence-corrected chi connectivity index (χ3v) is 4.76. The number of rotatable bonds is 3. The Bertz CT molecular complexity index is 985. The highest BCUT2D eigenvalue weighted by Gasteiger charge is 2.23. The largest absolute Gasteiger partial charge is 0.488 e. The van der Waals surface area contributed by atoms with Crippen LogP contribution in [0.4, 0.5) is 4.39 Å². The second-order valence-electron chi connectivity index (χ2n) is 6.54. The van der Waals surface area contributed by atoms with Crippen LogP contribution in [0, 0.1) is 12.7 Å². The SMILES string of the molecule is Cc1c(Cc2ccc(-c3ccccn3)cc2)cc2c(c1F)OCCNC2=O. The number of halogens is 1. The minimum Gasteiger partial charge on any atom is -0.488 e. The fourth-order valence-electron chi connectivity index (χ4n) is 3.23. The van der Waals surface area contributed by atoms with Crippen LogP contribution in [-0.2, 0) is 6.42 Å². The van der Waals surface area contributed by atoms with Crippen LogP contribution in [0.15, 0.2) is 54.7 Å². The van der Waals surface area contributed by atoms with Gasteiger partial charge in [-0.2, -0.15) is 0 Å². The quantitative estimate of drug-likeness (QED) is 0.769. The standard InChI is InChI=1S/C22H19FN2O2/c1-14-17(13-18-21(20(14)23)27-11-10-25-22(18)26)12-15-5-7-16(8-6-15)19-4-2-3-9-24-19/h2-9,13H,10-12H2,1H3,(H,25,26). The average Bonchev–Trinajstić information content (AvgIpc) is 2.89. The molecule has 0 aliphatic carbocycles. The molecule has 0 saturated heterocycles. The number of carbonyl (C=O) groups is 1. The molecule has 1 aromatic heterocycles. The molecular weight excluding hydrogens is 343 g/mol. The van der Waals surface area contributed by atoms with Gasteiger partial charge >= 0.3 is 0 Å². The van der Waals surface area contributed by atoms with Gasteiger partial charge in [0.05, 0.1) is 17.8 Å². The predicted molar refractivity (Wildman–Crippen MR) is 101 cm³/mol. The second kappa shape index (κ2) is 7.19. The molecule has 4 nitrogen and oxygen atoms in total. The van der Waals surface area contributed by atoms with Gasteiger partial charge in [-0.25, -0.2) is 4.39 Å². The maximum atomic E-state index is 14.8. The van der Waals surface area contributed by atoms with Gasteiger partial charge in [0.15, 0.2) is 11.6 Å². The summed E-state index contributed by atoms with van der Waals surface area (Å²) in [4.78, 5) is 16.6. The topological polar surface area (TPSA) is 51.2 Å². The fourth-order valence-corrected chi connectivity index (χ4v) is 3.23. The van der Waals surface area contributed by atoms with Crippen molar-refractivity contribution in [2.45, 2.75) is 13.3 Å². The lowest BCUT2D eigenvalue weighted by molar-refractivity contribution is 0.0957. The van der Waals surface area contributed by atoms with Crippen molar-refractivity contribution in [3.05, 3.63) is 82.8 Å². The summed E-state index contributed by atoms with van der Waals surface area (Å²) in [6, 6.07) is 15.5. The Morgan fingerprint density at radius 1 is 1.19 bits per heavy atom. The predicted octanol–water partition coefficient (Wildman–Crippen LogP) is 3.91. The van der Waals surface area contributed by atoms with E-state index in [4.69, 9.17) is 4.74 Å². The van der Waals surface area contributed by atoms with Crippen molar-refractivity contribution in [1.82, 2.24) is 10.3 Å². The molecule has 0 saturated carbocycles. The maximum absolute atomic E-state index is 14.8. The summed E-state index contributed by atoms with van der Waals surface area (Å²) in [5.41, 5.74) is 4.51. The first-order chi connectivity index (χ1) is 13.1. The highest BCUT2D eigenvalue weighted by molar-refractivity contribution is 5.97. The monoisotopic (exact) mass is 362 g/mol. The summed E-state index contributed by atoms with van der Waals surface area (Å²) in [7, 11) is 0. The maximum Gasteiger partial charge on any atom is 0.255 e. The zero-order valence-electron chi connectivity index (χ0n) is 15.0. The van der Waals surface area contributed by atoms with Crippen molar-refractivity contribution < 1.29 is 13.9 Å². The van der Waals surface area contributed by atoms with E-state index < -0.39 is 5.82 Å². The summed E-state index contributed by atoms with van der Waals surface area (Å²) in [5, 5.41) is 2.73. The highest BCUT2D eigenvalue weighted by Crippen LogP contribution is 2.31. The minimum absolute atomic E-state index is 0.0525. The lowest BCUT2D eigenvalue weighted by atomic mass is 9.96. The Hall–Kier alpha value is -3.21. The molecule has 0 radical (unpaired) electrons. The summed E-state index contributed by atoms with van der Waals surface area (Å²) >= 11 is 0. The van der Waals surface area contributed by atoms with E-state index in [-0.39, 0.29) is 23.8 Å². The molecule has 2 heterocycles. The van der Waals surface area contributed by atoms with Crippen LogP contribution in [0.2, 0.25) is 0 Å². The third kappa shape index (κ3) is 3.40. The van der Waals surface area contributed by atoms with Crippen LogP contribution >= 0.6 is 0 Å². The number of benzene rings is 2. The van der Waals surface area contributed by atoms with E-state index >= 15 is 0 Å². The van der Waals surface area contributed by atoms with Gasteiger partial charge in [0.25, 0.3) is 5.91 Å². The summed E-state index contributed by atoms with van der Waals surface area (Å²) in [6.07, 6.45) is 2.30. The number of nitrogens with one attached hydrogen (secondary N) is 1. The number of ether oxygens (including phenoxy) is 1. The van der Waals surface area contributed by atoms with Crippen LogP contribution in [0.3, 0.4) is 0 Å². The van der Waals surface area contributed by atoms with Crippen LogP contribution in [-0.4, -0.2) is 24.0 Å². The molecule has 27 heavy (non-hydrogen) atoms. The van der Waals surface area contributed by atoms with Gasteiger partial charge in [0.2, 0.25) is 0 Å². The molecule has 1 N–H and O–H groups in total. The van der Waals surface area contributed by atoms with E-state index in [1.165, 1.54) is 0 Å². The Balaban J connectivity index is 1.65. The molecule has 0 atom stereocenters. The molecule has 0 unspecified atom stereocenters. The van der Waals surface area contributed by atoms with Gasteiger partial charge in [0, 0.05) is 11.8 Å². The van der Waals surface area contributed by atoms with Gasteiger partial charge < -0.3 is 10.1 Å². The van der Waals surface area contributed by atoms with Gasteiger partial charge in [0.1, 0.15) is 6.61 Å². The number of hydrogen-bond donors (Lipinski definition) is 1. The lowest BCUT2D eigenvalue weighted by Crippen LogP contribution is -2.24. The molecule has 1 aliphatic heterocycles. The van der Waals surface area contributed by atoms with Crippen LogP contribution in [0.5, 0.6) is 5.75 Å². The van der Waals surface area contributed by atoms with Gasteiger partial charge in [-0.15, -0.1) is 0 Å². The molecule has 2 aromatic carbocycles. The summed E-state index contributed by atoms with van der Waals surface area (Å²) in [5.74, 6) is -0.699. The zero-order valence-corrected chi connectivity index (χ0v) is 15.0. The van der Waals surface area contributed by atoms with E-state index in [1.807, 2.05) is 42.5 Å². The number of carbonyl (C=O) groups excluding carboxylic acids is 1. The van der Waals surface area contributed by atoms with E-state index in [0.717, 1.165) is 22.4 Å². The molecule has 1 aliphatic rings. The number of nitrogens with zero attached hydrogens (tertiary/aromatic N) is 1. The Kier molecular flexibility index (Phi) is 4.59. The van der Waals surface area contributed by atoms with Crippen molar-refractivity contribution in [3.8, 4) is 17.0 Å². The first-order valence-electron chi connectivity index (χ1n) is 8.87. The first-order valence-corrected chi connectivity index (χ1v) is 8.87. The third-order valence-electron chi connectivity index (χ3n) is 4.76. The van der Waals surface area contributed by atoms with E-state index in [1.54, 1.807) is 19.2 Å². The molecule has 0 bridgehead atoms. The average molecular weight is 362 g/mol. The van der Waals surface area contributed by atoms with Crippen molar-refractivity contribution in [2.24, 2.45) is 0 Å². The number of amides is 1. The molecular formula is C22H19FN2O2. The smallest absolute Gasteiger partial charge is 0.255 e. The Morgan fingerprint density at radius 2 is 2.00 bits per heavy atom. The van der Waals surface area contributed by atoms with Crippen LogP contribution < -0.4 is 10.1 Å². The summed E-state index contributed by atoms with van der Waals surface area (Å²) < 4.78 is 20.2. The lowest BCUT2D eigenvalue weighted by Gasteiger charge is -2.14. The van der Waals surface area contributed by atoms with Gasteiger partial charge in [-0.3, -0.25) is 9.78 Å².